The van der Waals surface area contributed by atoms with Crippen LogP contribution in [0, 0.1) is 45.8 Å². The fourth-order valence-electron chi connectivity index (χ4n) is 9.01. The first kappa shape index (κ1) is 22.3. The molecule has 0 amide bonds. The van der Waals surface area contributed by atoms with Crippen LogP contribution in [-0.2, 0) is 9.59 Å². The van der Waals surface area contributed by atoms with Crippen LogP contribution in [0.2, 0.25) is 0 Å². The van der Waals surface area contributed by atoms with Crippen LogP contribution in [0.5, 0.6) is 0 Å². The summed E-state index contributed by atoms with van der Waals surface area (Å²) in [6, 6.07) is 0. The number of Topliss-reactive ketones (excluding diaryl/α,β-unsaturated/α-hetero) is 1. The first-order chi connectivity index (χ1) is 14.0. The van der Waals surface area contributed by atoms with E-state index in [0.29, 0.717) is 36.9 Å². The molecule has 0 radical (unpaired) electrons. The molecule has 0 bridgehead atoms. The lowest BCUT2D eigenvalue weighted by atomic mass is 9.39. The van der Waals surface area contributed by atoms with Crippen LogP contribution in [0.25, 0.3) is 0 Å². The SMILES string of the molecule is CCC[C@@H](C)[C@H]1CC[C@H]2[C@@H]3C(O)CC4(C(=O)O)C[C@H](O)CC[C@]4(C)[C@H]3CC(=O)[C@]12C. The van der Waals surface area contributed by atoms with Crippen molar-refractivity contribution in [2.75, 3.05) is 0 Å². The number of carboxylic acid groups (broad SMARTS) is 1. The summed E-state index contributed by atoms with van der Waals surface area (Å²) in [6.07, 6.45) is 4.82. The van der Waals surface area contributed by atoms with Crippen molar-refractivity contribution >= 4 is 11.8 Å². The van der Waals surface area contributed by atoms with Gasteiger partial charge in [-0.3, -0.25) is 9.59 Å². The van der Waals surface area contributed by atoms with Gasteiger partial charge in [0.15, 0.2) is 0 Å². The van der Waals surface area contributed by atoms with E-state index >= 15 is 0 Å². The number of rotatable bonds is 4. The fourth-order valence-corrected chi connectivity index (χ4v) is 9.01. The normalized spacial score (nSPS) is 51.6. The van der Waals surface area contributed by atoms with Crippen LogP contribution < -0.4 is 0 Å². The highest BCUT2D eigenvalue weighted by Gasteiger charge is 2.71. The Kier molecular flexibility index (Phi) is 5.42. The molecule has 10 atom stereocenters. The largest absolute Gasteiger partial charge is 0.481 e. The van der Waals surface area contributed by atoms with Gasteiger partial charge in [-0.2, -0.15) is 0 Å². The number of hydrogen-bond donors (Lipinski definition) is 3. The highest BCUT2D eigenvalue weighted by Crippen LogP contribution is 2.70. The standard InChI is InChI=1S/C25H40O5/c1-5-6-14(2)16-7-8-17-21-18(11-20(28)24(16,17)4)23(3)10-9-15(26)12-25(23,22(29)30)13-19(21)27/h14-19,21,26-27H,5-13H2,1-4H3,(H,29,30)/t14-,15-,16-,17+,18+,19?,21+,23-,24-,25?/m1/s1. The molecular formula is C25H40O5. The topological polar surface area (TPSA) is 94.8 Å². The fraction of sp³-hybridized carbons (Fsp3) is 0.920. The van der Waals surface area contributed by atoms with Gasteiger partial charge in [-0.05, 0) is 73.5 Å². The van der Waals surface area contributed by atoms with E-state index < -0.39 is 34.4 Å². The number of carboxylic acids is 1. The number of carbonyl (C=O) groups excluding carboxylic acids is 1. The van der Waals surface area contributed by atoms with Crippen molar-refractivity contribution < 1.29 is 24.9 Å². The maximum absolute atomic E-state index is 13.8. The van der Waals surface area contributed by atoms with E-state index in [0.717, 1.165) is 25.7 Å². The molecule has 4 aliphatic rings. The summed E-state index contributed by atoms with van der Waals surface area (Å²) in [7, 11) is 0. The highest BCUT2D eigenvalue weighted by molar-refractivity contribution is 5.87. The lowest BCUT2D eigenvalue weighted by Crippen LogP contribution is -2.67. The minimum Gasteiger partial charge on any atom is -0.481 e. The number of aliphatic hydroxyl groups excluding tert-OH is 2. The zero-order valence-corrected chi connectivity index (χ0v) is 19.1. The van der Waals surface area contributed by atoms with Crippen molar-refractivity contribution in [1.82, 2.24) is 0 Å². The molecule has 4 fully saturated rings. The summed E-state index contributed by atoms with van der Waals surface area (Å²) in [6.45, 7) is 8.66. The molecular weight excluding hydrogens is 380 g/mol. The minimum atomic E-state index is -1.15. The third-order valence-electron chi connectivity index (χ3n) is 10.6. The van der Waals surface area contributed by atoms with Gasteiger partial charge in [0.1, 0.15) is 5.78 Å². The summed E-state index contributed by atoms with van der Waals surface area (Å²) in [4.78, 5) is 26.3. The number of ketones is 1. The van der Waals surface area contributed by atoms with Crippen molar-refractivity contribution in [3.63, 3.8) is 0 Å². The van der Waals surface area contributed by atoms with Gasteiger partial charge in [-0.15, -0.1) is 0 Å². The zero-order chi connectivity index (χ0) is 22.1. The Morgan fingerprint density at radius 2 is 1.83 bits per heavy atom. The van der Waals surface area contributed by atoms with Crippen molar-refractivity contribution in [3.8, 4) is 0 Å². The number of carbonyl (C=O) groups is 2. The van der Waals surface area contributed by atoms with Crippen molar-refractivity contribution in [1.29, 1.82) is 0 Å². The summed E-state index contributed by atoms with van der Waals surface area (Å²) < 4.78 is 0. The Morgan fingerprint density at radius 3 is 2.47 bits per heavy atom. The van der Waals surface area contributed by atoms with E-state index in [1.165, 1.54) is 0 Å². The first-order valence-electron chi connectivity index (χ1n) is 12.2. The molecule has 4 aliphatic carbocycles. The number of aliphatic hydroxyl groups is 2. The van der Waals surface area contributed by atoms with Gasteiger partial charge in [0, 0.05) is 11.8 Å². The Bertz CT molecular complexity index is 720. The van der Waals surface area contributed by atoms with Gasteiger partial charge >= 0.3 is 5.97 Å². The zero-order valence-electron chi connectivity index (χ0n) is 19.1. The molecule has 4 saturated carbocycles. The Balaban J connectivity index is 1.75. The van der Waals surface area contributed by atoms with E-state index in [9.17, 15) is 24.9 Å². The quantitative estimate of drug-likeness (QED) is 0.638. The molecule has 0 aromatic carbocycles. The predicted octanol–water partition coefficient (Wildman–Crippen LogP) is 4.05. The molecule has 30 heavy (non-hydrogen) atoms. The van der Waals surface area contributed by atoms with Crippen LogP contribution in [0.3, 0.4) is 0 Å². The highest BCUT2D eigenvalue weighted by atomic mass is 16.4. The van der Waals surface area contributed by atoms with E-state index in [-0.39, 0.29) is 30.6 Å². The first-order valence-corrected chi connectivity index (χ1v) is 12.2. The lowest BCUT2D eigenvalue weighted by molar-refractivity contribution is -0.223. The van der Waals surface area contributed by atoms with Gasteiger partial charge in [-0.25, -0.2) is 0 Å². The lowest BCUT2D eigenvalue weighted by Gasteiger charge is -2.65. The third kappa shape index (κ3) is 2.73. The second kappa shape index (κ2) is 7.30. The van der Waals surface area contributed by atoms with Gasteiger partial charge in [0.25, 0.3) is 0 Å². The van der Waals surface area contributed by atoms with E-state index in [2.05, 4.69) is 20.8 Å². The maximum atomic E-state index is 13.8. The average molecular weight is 421 g/mol. The molecule has 0 spiro atoms. The third-order valence-corrected chi connectivity index (χ3v) is 10.6. The molecule has 2 unspecified atom stereocenters. The molecule has 0 aliphatic heterocycles. The summed E-state index contributed by atoms with van der Waals surface area (Å²) in [5, 5.41) is 32.0. The summed E-state index contributed by atoms with van der Waals surface area (Å²) in [5.41, 5.74) is -2.11. The van der Waals surface area contributed by atoms with Crippen molar-refractivity contribution in [2.24, 2.45) is 45.8 Å². The molecule has 170 valence electrons. The molecule has 0 saturated heterocycles. The number of hydrogen-bond acceptors (Lipinski definition) is 4. The minimum absolute atomic E-state index is 0.0146. The maximum Gasteiger partial charge on any atom is 0.310 e. The second-order valence-corrected chi connectivity index (χ2v) is 11.6. The Hall–Kier alpha value is -0.940. The van der Waals surface area contributed by atoms with Crippen LogP contribution in [0.4, 0.5) is 0 Å². The van der Waals surface area contributed by atoms with Gasteiger partial charge in [-0.1, -0.05) is 40.5 Å². The molecule has 4 rings (SSSR count). The summed E-state index contributed by atoms with van der Waals surface area (Å²) >= 11 is 0. The van der Waals surface area contributed by atoms with E-state index in [1.54, 1.807) is 0 Å². The number of aliphatic carboxylic acids is 1. The van der Waals surface area contributed by atoms with Gasteiger partial charge in [0.05, 0.1) is 17.6 Å². The molecule has 5 nitrogen and oxygen atoms in total. The number of fused-ring (bicyclic) bond motifs is 5. The van der Waals surface area contributed by atoms with Crippen molar-refractivity contribution in [3.05, 3.63) is 0 Å². The van der Waals surface area contributed by atoms with Crippen LogP contribution in [0.15, 0.2) is 0 Å². The smallest absolute Gasteiger partial charge is 0.310 e. The van der Waals surface area contributed by atoms with Gasteiger partial charge in [0.2, 0.25) is 0 Å². The molecule has 5 heteroatoms. The molecule has 3 N–H and O–H groups in total. The average Bonchev–Trinajstić information content (AvgIpc) is 3.02. The summed E-state index contributed by atoms with van der Waals surface area (Å²) in [5.74, 6) is 0.233. The van der Waals surface area contributed by atoms with E-state index in [4.69, 9.17) is 0 Å². The Labute approximate surface area is 180 Å². The van der Waals surface area contributed by atoms with Crippen molar-refractivity contribution in [2.45, 2.75) is 97.7 Å². The van der Waals surface area contributed by atoms with E-state index in [1.807, 2.05) is 6.92 Å². The Morgan fingerprint density at radius 1 is 1.13 bits per heavy atom. The molecule has 0 heterocycles. The molecule has 0 aromatic rings. The van der Waals surface area contributed by atoms with Crippen LogP contribution >= 0.6 is 0 Å². The monoisotopic (exact) mass is 420 g/mol. The van der Waals surface area contributed by atoms with Gasteiger partial charge < -0.3 is 15.3 Å². The van der Waals surface area contributed by atoms with Crippen LogP contribution in [-0.4, -0.2) is 39.3 Å². The van der Waals surface area contributed by atoms with Crippen LogP contribution in [0.1, 0.15) is 85.5 Å². The predicted molar refractivity (Wildman–Crippen MR) is 114 cm³/mol. The second-order valence-electron chi connectivity index (χ2n) is 11.6. The molecule has 0 aromatic heterocycles.